The average Bonchev–Trinajstić information content (AvgIpc) is 2.83. The summed E-state index contributed by atoms with van der Waals surface area (Å²) in [6.07, 6.45) is 3.49. The molecule has 5 nitrogen and oxygen atoms in total. The van der Waals surface area contributed by atoms with E-state index in [2.05, 4.69) is 12.2 Å². The minimum Gasteiger partial charge on any atom is -0.494 e. The fourth-order valence-electron chi connectivity index (χ4n) is 3.22. The molecular weight excluding hydrogens is 401 g/mol. The molecule has 1 amide bonds. The third-order valence-electron chi connectivity index (χ3n) is 4.96. The van der Waals surface area contributed by atoms with Crippen LogP contribution in [0.1, 0.15) is 40.5 Å². The van der Waals surface area contributed by atoms with Crippen LogP contribution in [0.25, 0.3) is 11.1 Å². The maximum atomic E-state index is 13.2. The minimum atomic E-state index is -0.355. The van der Waals surface area contributed by atoms with Crippen molar-refractivity contribution in [3.63, 3.8) is 0 Å². The molecule has 0 aliphatic carbocycles. The first kappa shape index (κ1) is 23.1. The number of hydrogen-bond donors (Lipinski definition) is 1. The Kier molecular flexibility index (Phi) is 8.49. The van der Waals surface area contributed by atoms with Crippen molar-refractivity contribution in [2.45, 2.75) is 26.1 Å². The van der Waals surface area contributed by atoms with Crippen LogP contribution in [0.3, 0.4) is 0 Å². The minimum absolute atomic E-state index is 0.355. The van der Waals surface area contributed by atoms with Gasteiger partial charge in [0.15, 0.2) is 6.29 Å². The van der Waals surface area contributed by atoms with E-state index < -0.39 is 0 Å². The van der Waals surface area contributed by atoms with E-state index in [0.717, 1.165) is 36.6 Å². The van der Waals surface area contributed by atoms with Crippen LogP contribution in [-0.2, 0) is 0 Å². The van der Waals surface area contributed by atoms with E-state index in [9.17, 15) is 9.59 Å². The van der Waals surface area contributed by atoms with Crippen LogP contribution in [0, 0.1) is 0 Å². The van der Waals surface area contributed by atoms with Crippen LogP contribution in [0.5, 0.6) is 11.5 Å². The summed E-state index contributed by atoms with van der Waals surface area (Å²) in [5.74, 6) is 0.743. The number of anilines is 1. The Labute approximate surface area is 190 Å². The quantitative estimate of drug-likeness (QED) is 0.264. The predicted molar refractivity (Wildman–Crippen MR) is 131 cm³/mol. The van der Waals surface area contributed by atoms with Gasteiger partial charge in [-0.15, -0.1) is 0 Å². The molecule has 0 heterocycles. The molecule has 0 spiro atoms. The van der Waals surface area contributed by atoms with E-state index in [1.807, 2.05) is 50.3 Å². The van der Waals surface area contributed by atoms with Gasteiger partial charge in [0.05, 0.1) is 24.5 Å². The van der Waals surface area contributed by atoms with Crippen molar-refractivity contribution in [2.24, 2.45) is 0 Å². The molecule has 32 heavy (non-hydrogen) atoms. The van der Waals surface area contributed by atoms with Crippen molar-refractivity contribution < 1.29 is 19.1 Å². The molecule has 1 N–H and O–H groups in total. The summed E-state index contributed by atoms with van der Waals surface area (Å²) in [5.41, 5.74) is 3.14. The highest BCUT2D eigenvalue weighted by atomic mass is 16.5. The summed E-state index contributed by atoms with van der Waals surface area (Å²) < 4.78 is 11.6. The van der Waals surface area contributed by atoms with Crippen molar-refractivity contribution in [1.29, 1.82) is 0 Å². The van der Waals surface area contributed by atoms with E-state index in [0.29, 0.717) is 41.5 Å². The maximum absolute atomic E-state index is 13.2. The van der Waals surface area contributed by atoms with E-state index in [1.54, 1.807) is 24.3 Å². The number of benzene rings is 3. The third kappa shape index (κ3) is 6.00. The Morgan fingerprint density at radius 3 is 2.50 bits per heavy atom. The number of nitrogens with one attached hydrogen (secondary N) is 1. The highest BCUT2D eigenvalue weighted by Gasteiger charge is 2.17. The van der Waals surface area contributed by atoms with Gasteiger partial charge < -0.3 is 14.8 Å². The maximum Gasteiger partial charge on any atom is 0.259 e. The zero-order valence-electron chi connectivity index (χ0n) is 18.6. The Morgan fingerprint density at radius 2 is 1.78 bits per heavy atom. The normalized spacial score (nSPS) is 10.4. The second kappa shape index (κ2) is 11.7. The predicted octanol–water partition coefficient (Wildman–Crippen LogP) is 5.03. The molecule has 0 saturated carbocycles. The Hall–Kier alpha value is -3.54. The molecule has 3 aromatic rings. The molecule has 0 radical (unpaired) electrons. The van der Waals surface area contributed by atoms with Crippen LogP contribution >= 0.6 is 0 Å². The SMILES string of the molecule is BCCOc1ccc(OCCCC)c(C(=O)Nc2cc(-c3ccccc3)ccc2C=O)c1. The monoisotopic (exact) mass is 429 g/mol. The summed E-state index contributed by atoms with van der Waals surface area (Å²) in [6.45, 7) is 3.17. The molecule has 3 rings (SSSR count). The van der Waals surface area contributed by atoms with Gasteiger partial charge in [-0.05, 0) is 54.2 Å². The smallest absolute Gasteiger partial charge is 0.259 e. The number of aldehydes is 1. The molecule has 0 saturated heterocycles. The van der Waals surface area contributed by atoms with Gasteiger partial charge in [0.1, 0.15) is 19.3 Å². The lowest BCUT2D eigenvalue weighted by Crippen LogP contribution is -2.15. The van der Waals surface area contributed by atoms with Gasteiger partial charge in [-0.3, -0.25) is 9.59 Å². The zero-order chi connectivity index (χ0) is 22.8. The van der Waals surface area contributed by atoms with Gasteiger partial charge in [0, 0.05) is 5.56 Å². The van der Waals surface area contributed by atoms with Crippen molar-refractivity contribution in [2.75, 3.05) is 18.5 Å². The van der Waals surface area contributed by atoms with E-state index in [1.165, 1.54) is 0 Å². The first-order valence-electron chi connectivity index (χ1n) is 11.0. The Morgan fingerprint density at radius 1 is 0.969 bits per heavy atom. The van der Waals surface area contributed by atoms with Crippen molar-refractivity contribution in [1.82, 2.24) is 0 Å². The summed E-state index contributed by atoms with van der Waals surface area (Å²) in [5, 5.41) is 2.90. The topological polar surface area (TPSA) is 64.6 Å². The van der Waals surface area contributed by atoms with Crippen molar-refractivity contribution in [3.05, 3.63) is 77.9 Å². The van der Waals surface area contributed by atoms with Crippen LogP contribution in [-0.4, -0.2) is 33.3 Å². The number of carbonyl (C=O) groups is 2. The molecule has 164 valence electrons. The fraction of sp³-hybridized carbons (Fsp3) is 0.231. The lowest BCUT2D eigenvalue weighted by atomic mass is 10.0. The second-order valence-corrected chi connectivity index (χ2v) is 7.45. The molecule has 6 heteroatoms. The molecule has 0 unspecified atom stereocenters. The van der Waals surface area contributed by atoms with Crippen LogP contribution in [0.2, 0.25) is 6.32 Å². The largest absolute Gasteiger partial charge is 0.494 e. The standard InChI is InChI=1S/C26H28BNO4/c1-2-3-14-32-25-12-11-22(31-15-13-27)17-23(25)26(30)28-24-16-20(9-10-21(24)18-29)19-7-5-4-6-8-19/h4-12,16-18H,2-3,13-15,27H2,1H3,(H,28,30). The van der Waals surface area contributed by atoms with E-state index in [-0.39, 0.29) is 5.91 Å². The zero-order valence-corrected chi connectivity index (χ0v) is 18.6. The second-order valence-electron chi connectivity index (χ2n) is 7.45. The lowest BCUT2D eigenvalue weighted by Gasteiger charge is -2.15. The van der Waals surface area contributed by atoms with E-state index >= 15 is 0 Å². The Balaban J connectivity index is 1.91. The molecule has 0 aliphatic rings. The molecule has 0 aromatic heterocycles. The van der Waals surface area contributed by atoms with Gasteiger partial charge in [-0.2, -0.15) is 0 Å². The molecule has 0 fully saturated rings. The van der Waals surface area contributed by atoms with Gasteiger partial charge in [0.2, 0.25) is 0 Å². The number of ether oxygens (including phenoxy) is 2. The van der Waals surface area contributed by atoms with E-state index in [4.69, 9.17) is 9.47 Å². The van der Waals surface area contributed by atoms with Crippen LogP contribution < -0.4 is 14.8 Å². The number of rotatable bonds is 11. The molecular formula is C26H28BNO4. The highest BCUT2D eigenvalue weighted by molar-refractivity contribution is 6.09. The molecule has 0 atom stereocenters. The third-order valence-corrected chi connectivity index (χ3v) is 4.96. The summed E-state index contributed by atoms with van der Waals surface area (Å²) in [4.78, 5) is 24.9. The fourth-order valence-corrected chi connectivity index (χ4v) is 3.22. The van der Waals surface area contributed by atoms with Gasteiger partial charge in [0.25, 0.3) is 5.91 Å². The molecule has 3 aromatic carbocycles. The number of unbranched alkanes of at least 4 members (excludes halogenated alkanes) is 1. The van der Waals surface area contributed by atoms with Crippen LogP contribution in [0.15, 0.2) is 66.7 Å². The molecule has 0 aliphatic heterocycles. The number of hydrogen-bond acceptors (Lipinski definition) is 4. The first-order chi connectivity index (χ1) is 15.7. The number of carbonyl (C=O) groups excluding carboxylic acids is 2. The lowest BCUT2D eigenvalue weighted by molar-refractivity contribution is 0.102. The number of amides is 1. The highest BCUT2D eigenvalue weighted by Crippen LogP contribution is 2.29. The van der Waals surface area contributed by atoms with Crippen LogP contribution in [0.4, 0.5) is 5.69 Å². The summed E-state index contributed by atoms with van der Waals surface area (Å²) >= 11 is 0. The molecule has 0 bridgehead atoms. The average molecular weight is 429 g/mol. The first-order valence-corrected chi connectivity index (χ1v) is 11.0. The van der Waals surface area contributed by atoms with Gasteiger partial charge >= 0.3 is 0 Å². The van der Waals surface area contributed by atoms with Gasteiger partial charge in [-0.1, -0.05) is 49.7 Å². The summed E-state index contributed by atoms with van der Waals surface area (Å²) in [7, 11) is 2.02. The summed E-state index contributed by atoms with van der Waals surface area (Å²) in [6, 6.07) is 20.5. The Bertz CT molecular complexity index is 1050. The van der Waals surface area contributed by atoms with Crippen molar-refractivity contribution in [3.8, 4) is 22.6 Å². The van der Waals surface area contributed by atoms with Gasteiger partial charge in [-0.25, -0.2) is 0 Å². The van der Waals surface area contributed by atoms with Crippen molar-refractivity contribution >= 4 is 25.7 Å².